The lowest BCUT2D eigenvalue weighted by Crippen LogP contribution is -2.41. The summed E-state index contributed by atoms with van der Waals surface area (Å²) in [4.78, 5) is 12.6. The Kier molecular flexibility index (Phi) is 6.55. The van der Waals surface area contributed by atoms with Crippen LogP contribution in [0.3, 0.4) is 0 Å². The Morgan fingerprint density at radius 1 is 0.815 bits per heavy atom. The molecule has 0 bridgehead atoms. The number of amides is 1. The van der Waals surface area contributed by atoms with E-state index in [9.17, 15) is 4.79 Å². The molecule has 2 aromatic rings. The number of nitrogens with one attached hydrogen (secondary N) is 1. The summed E-state index contributed by atoms with van der Waals surface area (Å²) in [6.45, 7) is 3.89. The maximum absolute atomic E-state index is 12.6. The molecular formula is C21H27NO5. The van der Waals surface area contributed by atoms with E-state index < -0.39 is 5.54 Å². The zero-order chi connectivity index (χ0) is 20.0. The molecule has 2 aromatic carbocycles. The van der Waals surface area contributed by atoms with Crippen LogP contribution in [-0.2, 0) is 16.8 Å². The van der Waals surface area contributed by atoms with Crippen molar-refractivity contribution in [2.75, 3.05) is 28.4 Å². The van der Waals surface area contributed by atoms with E-state index in [1.807, 2.05) is 44.2 Å². The normalized spacial score (nSPS) is 10.9. The van der Waals surface area contributed by atoms with Crippen molar-refractivity contribution in [2.24, 2.45) is 0 Å². The van der Waals surface area contributed by atoms with Crippen molar-refractivity contribution < 1.29 is 23.7 Å². The number of carbonyl (C=O) groups excluding carboxylic acids is 1. The lowest BCUT2D eigenvalue weighted by atomic mass is 9.93. The molecule has 1 N–H and O–H groups in total. The largest absolute Gasteiger partial charge is 0.493 e. The lowest BCUT2D eigenvalue weighted by Gasteiger charge is -2.28. The predicted molar refractivity (Wildman–Crippen MR) is 104 cm³/mol. The number of rotatable bonds is 8. The van der Waals surface area contributed by atoms with Crippen molar-refractivity contribution in [1.82, 2.24) is 5.32 Å². The summed E-state index contributed by atoms with van der Waals surface area (Å²) in [5.74, 6) is 2.40. The number of carbonyl (C=O) groups is 1. The molecule has 6 nitrogen and oxygen atoms in total. The molecule has 0 atom stereocenters. The standard InChI is InChI=1S/C21H27NO5/c1-21(2,15-8-10-17(25-4)19(13-15)27-6)22-20(23)12-14-7-9-16(24-3)18(11-14)26-5/h7-11,13H,12H2,1-6H3,(H,22,23). The van der Waals surface area contributed by atoms with Gasteiger partial charge in [0.05, 0.1) is 40.4 Å². The highest BCUT2D eigenvalue weighted by molar-refractivity contribution is 5.79. The van der Waals surface area contributed by atoms with Crippen molar-refractivity contribution in [3.63, 3.8) is 0 Å². The summed E-state index contributed by atoms with van der Waals surface area (Å²) < 4.78 is 21.1. The molecule has 0 aliphatic carbocycles. The maximum atomic E-state index is 12.6. The second-order valence-corrected chi connectivity index (χ2v) is 6.61. The summed E-state index contributed by atoms with van der Waals surface area (Å²) in [6.07, 6.45) is 0.233. The highest BCUT2D eigenvalue weighted by Crippen LogP contribution is 2.32. The molecule has 2 rings (SSSR count). The van der Waals surface area contributed by atoms with E-state index in [0.717, 1.165) is 11.1 Å². The van der Waals surface area contributed by atoms with Gasteiger partial charge in [-0.25, -0.2) is 0 Å². The third kappa shape index (κ3) is 4.84. The van der Waals surface area contributed by atoms with Gasteiger partial charge >= 0.3 is 0 Å². The Morgan fingerprint density at radius 3 is 1.89 bits per heavy atom. The lowest BCUT2D eigenvalue weighted by molar-refractivity contribution is -0.122. The fourth-order valence-electron chi connectivity index (χ4n) is 2.87. The molecule has 0 saturated carbocycles. The molecule has 0 heterocycles. The Bertz CT molecular complexity index is 801. The molecule has 6 heteroatoms. The van der Waals surface area contributed by atoms with Gasteiger partial charge < -0.3 is 24.3 Å². The topological polar surface area (TPSA) is 66.0 Å². The molecule has 0 aliphatic heterocycles. The van der Waals surface area contributed by atoms with Crippen molar-refractivity contribution in [3.8, 4) is 23.0 Å². The first kappa shape index (κ1) is 20.4. The van der Waals surface area contributed by atoms with Gasteiger partial charge in [-0.05, 0) is 49.2 Å². The molecule has 1 amide bonds. The number of hydrogen-bond donors (Lipinski definition) is 1. The Balaban J connectivity index is 2.14. The van der Waals surface area contributed by atoms with Gasteiger partial charge in [0.25, 0.3) is 0 Å². The Morgan fingerprint density at radius 2 is 1.33 bits per heavy atom. The SMILES string of the molecule is COc1ccc(CC(=O)NC(C)(C)c2ccc(OC)c(OC)c2)cc1OC. The summed E-state index contributed by atoms with van der Waals surface area (Å²) in [5, 5.41) is 3.07. The Labute approximate surface area is 160 Å². The molecule has 0 unspecified atom stereocenters. The minimum atomic E-state index is -0.576. The van der Waals surface area contributed by atoms with Crippen LogP contribution in [0.4, 0.5) is 0 Å². The van der Waals surface area contributed by atoms with Crippen molar-refractivity contribution in [1.29, 1.82) is 0 Å². The first-order valence-electron chi connectivity index (χ1n) is 8.59. The average Bonchev–Trinajstić information content (AvgIpc) is 2.66. The fourth-order valence-corrected chi connectivity index (χ4v) is 2.87. The van der Waals surface area contributed by atoms with E-state index in [-0.39, 0.29) is 12.3 Å². The van der Waals surface area contributed by atoms with Gasteiger partial charge in [-0.3, -0.25) is 4.79 Å². The minimum absolute atomic E-state index is 0.0954. The summed E-state index contributed by atoms with van der Waals surface area (Å²) in [6, 6.07) is 11.1. The Hall–Kier alpha value is -2.89. The second-order valence-electron chi connectivity index (χ2n) is 6.61. The fraction of sp³-hybridized carbons (Fsp3) is 0.381. The first-order chi connectivity index (χ1) is 12.8. The zero-order valence-electron chi connectivity index (χ0n) is 16.7. The molecule has 0 radical (unpaired) electrons. The van der Waals surface area contributed by atoms with Gasteiger partial charge in [-0.2, -0.15) is 0 Å². The highest BCUT2D eigenvalue weighted by atomic mass is 16.5. The van der Waals surface area contributed by atoms with E-state index in [0.29, 0.717) is 23.0 Å². The van der Waals surface area contributed by atoms with Gasteiger partial charge in [-0.15, -0.1) is 0 Å². The second kappa shape index (κ2) is 8.66. The van der Waals surface area contributed by atoms with E-state index in [2.05, 4.69) is 5.32 Å². The van der Waals surface area contributed by atoms with Crippen LogP contribution in [0.5, 0.6) is 23.0 Å². The van der Waals surface area contributed by atoms with Gasteiger partial charge in [0, 0.05) is 0 Å². The van der Waals surface area contributed by atoms with Crippen molar-refractivity contribution in [2.45, 2.75) is 25.8 Å². The van der Waals surface area contributed by atoms with Crippen LogP contribution in [0.2, 0.25) is 0 Å². The molecule has 0 aromatic heterocycles. The highest BCUT2D eigenvalue weighted by Gasteiger charge is 2.24. The number of hydrogen-bond acceptors (Lipinski definition) is 5. The van der Waals surface area contributed by atoms with E-state index in [1.165, 1.54) is 0 Å². The van der Waals surface area contributed by atoms with Crippen LogP contribution in [0.25, 0.3) is 0 Å². The van der Waals surface area contributed by atoms with Crippen LogP contribution in [0, 0.1) is 0 Å². The summed E-state index contributed by atoms with van der Waals surface area (Å²) in [7, 11) is 6.33. The van der Waals surface area contributed by atoms with Gasteiger partial charge in [0.1, 0.15) is 0 Å². The van der Waals surface area contributed by atoms with Crippen LogP contribution in [0.15, 0.2) is 36.4 Å². The van der Waals surface area contributed by atoms with E-state index >= 15 is 0 Å². The van der Waals surface area contributed by atoms with E-state index in [4.69, 9.17) is 18.9 Å². The quantitative estimate of drug-likeness (QED) is 0.769. The molecule has 27 heavy (non-hydrogen) atoms. The van der Waals surface area contributed by atoms with E-state index in [1.54, 1.807) is 34.5 Å². The van der Waals surface area contributed by atoms with Crippen LogP contribution < -0.4 is 24.3 Å². The average molecular weight is 373 g/mol. The molecule has 0 saturated heterocycles. The van der Waals surface area contributed by atoms with Crippen LogP contribution in [-0.4, -0.2) is 34.3 Å². The van der Waals surface area contributed by atoms with Crippen LogP contribution >= 0.6 is 0 Å². The summed E-state index contributed by atoms with van der Waals surface area (Å²) >= 11 is 0. The molecular weight excluding hydrogens is 346 g/mol. The predicted octanol–water partition coefficient (Wildman–Crippen LogP) is 3.32. The maximum Gasteiger partial charge on any atom is 0.225 e. The van der Waals surface area contributed by atoms with Gasteiger partial charge in [0.2, 0.25) is 5.91 Å². The van der Waals surface area contributed by atoms with Crippen LogP contribution in [0.1, 0.15) is 25.0 Å². The molecule has 146 valence electrons. The van der Waals surface area contributed by atoms with Crippen molar-refractivity contribution >= 4 is 5.91 Å². The third-order valence-electron chi connectivity index (χ3n) is 4.37. The van der Waals surface area contributed by atoms with Crippen molar-refractivity contribution in [3.05, 3.63) is 47.5 Å². The first-order valence-corrected chi connectivity index (χ1v) is 8.59. The molecule has 0 aliphatic rings. The molecule has 0 fully saturated rings. The van der Waals surface area contributed by atoms with Gasteiger partial charge in [-0.1, -0.05) is 12.1 Å². The zero-order valence-corrected chi connectivity index (χ0v) is 16.7. The number of methoxy groups -OCH3 is 4. The smallest absolute Gasteiger partial charge is 0.225 e. The summed E-state index contributed by atoms with van der Waals surface area (Å²) in [5.41, 5.74) is 1.18. The third-order valence-corrected chi connectivity index (χ3v) is 4.37. The monoisotopic (exact) mass is 373 g/mol. The number of benzene rings is 2. The number of ether oxygens (including phenoxy) is 4. The molecule has 0 spiro atoms. The van der Waals surface area contributed by atoms with Gasteiger partial charge in [0.15, 0.2) is 23.0 Å². The minimum Gasteiger partial charge on any atom is -0.493 e.